The number of nitrogens with one attached hydrogen (secondary N) is 1. The number of aliphatic hydroxyl groups excluding tert-OH is 1. The van der Waals surface area contributed by atoms with Crippen molar-refractivity contribution in [3.05, 3.63) is 76.3 Å². The number of hydrogen-bond donors (Lipinski definition) is 2. The standard InChI is InChI=1S/C19H14N2O6S/c1-21-16(18(23)12-7-3-5-9-15(12)28(21,25)26)19(24)20-13-10-27-14-8-4-2-6-11(14)17(13)22/h2-10,23H,1H3,(H,20,24). The van der Waals surface area contributed by atoms with Crippen LogP contribution in [0.3, 0.4) is 0 Å². The largest absolute Gasteiger partial charge is 0.505 e. The summed E-state index contributed by atoms with van der Waals surface area (Å²) in [6, 6.07) is 12.3. The average molecular weight is 398 g/mol. The summed E-state index contributed by atoms with van der Waals surface area (Å²) in [5.74, 6) is -1.46. The maximum absolute atomic E-state index is 12.8. The van der Waals surface area contributed by atoms with Crippen molar-refractivity contribution in [3.8, 4) is 0 Å². The molecule has 0 saturated carbocycles. The van der Waals surface area contributed by atoms with Crippen LogP contribution in [-0.4, -0.2) is 30.8 Å². The lowest BCUT2D eigenvalue weighted by molar-refractivity contribution is -0.113. The minimum Gasteiger partial charge on any atom is -0.505 e. The number of amides is 1. The Morgan fingerprint density at radius 1 is 1.11 bits per heavy atom. The van der Waals surface area contributed by atoms with Gasteiger partial charge in [-0.2, -0.15) is 0 Å². The molecule has 3 aromatic rings. The molecule has 0 aliphatic carbocycles. The van der Waals surface area contributed by atoms with Crippen LogP contribution in [0.25, 0.3) is 16.7 Å². The van der Waals surface area contributed by atoms with Crippen molar-refractivity contribution in [2.75, 3.05) is 12.4 Å². The van der Waals surface area contributed by atoms with Gasteiger partial charge < -0.3 is 14.8 Å². The molecule has 2 N–H and O–H groups in total. The van der Waals surface area contributed by atoms with Crippen molar-refractivity contribution in [1.82, 2.24) is 4.31 Å². The van der Waals surface area contributed by atoms with Crippen LogP contribution in [0, 0.1) is 0 Å². The minimum atomic E-state index is -4.03. The molecule has 0 bridgehead atoms. The van der Waals surface area contributed by atoms with E-state index in [-0.39, 0.29) is 21.5 Å². The number of likely N-dealkylation sites (N-methyl/N-ethyl adjacent to an activating group) is 1. The summed E-state index contributed by atoms with van der Waals surface area (Å²) in [5.41, 5.74) is -0.799. The van der Waals surface area contributed by atoms with Gasteiger partial charge >= 0.3 is 0 Å². The first kappa shape index (κ1) is 17.8. The van der Waals surface area contributed by atoms with Crippen LogP contribution >= 0.6 is 0 Å². The summed E-state index contributed by atoms with van der Waals surface area (Å²) in [5, 5.41) is 13.1. The van der Waals surface area contributed by atoms with Gasteiger partial charge in [0.25, 0.3) is 15.9 Å². The van der Waals surface area contributed by atoms with Crippen LogP contribution in [0.2, 0.25) is 0 Å². The Labute approximate surface area is 159 Å². The molecule has 9 heteroatoms. The normalized spacial score (nSPS) is 15.4. The number of carbonyl (C=O) groups excluding carboxylic acids is 1. The third kappa shape index (κ3) is 2.55. The molecule has 0 saturated heterocycles. The van der Waals surface area contributed by atoms with Crippen molar-refractivity contribution in [2.45, 2.75) is 4.90 Å². The van der Waals surface area contributed by atoms with Crippen LogP contribution in [0.15, 0.2) is 74.6 Å². The summed E-state index contributed by atoms with van der Waals surface area (Å²) in [7, 11) is -2.88. The number of anilines is 1. The van der Waals surface area contributed by atoms with E-state index in [9.17, 15) is 23.1 Å². The molecule has 28 heavy (non-hydrogen) atoms. The highest BCUT2D eigenvalue weighted by Crippen LogP contribution is 2.34. The lowest BCUT2D eigenvalue weighted by atomic mass is 10.1. The molecule has 0 atom stereocenters. The fraction of sp³-hybridized carbons (Fsp3) is 0.0526. The molecule has 2 heterocycles. The molecule has 1 aliphatic heterocycles. The molecule has 8 nitrogen and oxygen atoms in total. The van der Waals surface area contributed by atoms with E-state index in [0.717, 1.165) is 13.3 Å². The molecule has 0 radical (unpaired) electrons. The maximum Gasteiger partial charge on any atom is 0.277 e. The van der Waals surface area contributed by atoms with Gasteiger partial charge in [-0.05, 0) is 24.3 Å². The average Bonchev–Trinajstić information content (AvgIpc) is 2.69. The zero-order valence-electron chi connectivity index (χ0n) is 14.5. The third-order valence-corrected chi connectivity index (χ3v) is 6.28. The number of nitrogens with zero attached hydrogens (tertiary/aromatic N) is 1. The molecule has 142 valence electrons. The Kier molecular flexibility index (Phi) is 3.97. The first-order chi connectivity index (χ1) is 13.3. The number of rotatable bonds is 2. The van der Waals surface area contributed by atoms with Gasteiger partial charge in [-0.15, -0.1) is 0 Å². The molecule has 0 fully saturated rings. The van der Waals surface area contributed by atoms with Crippen LogP contribution in [0.4, 0.5) is 5.69 Å². The second-order valence-corrected chi connectivity index (χ2v) is 8.03. The van der Waals surface area contributed by atoms with Gasteiger partial charge in [0.1, 0.15) is 17.5 Å². The maximum atomic E-state index is 12.8. The summed E-state index contributed by atoms with van der Waals surface area (Å²) in [4.78, 5) is 25.2. The molecule has 1 aliphatic rings. The lowest BCUT2D eigenvalue weighted by Crippen LogP contribution is -2.37. The van der Waals surface area contributed by atoms with E-state index in [0.29, 0.717) is 9.89 Å². The summed E-state index contributed by atoms with van der Waals surface area (Å²) < 4.78 is 31.4. The smallest absolute Gasteiger partial charge is 0.277 e. The second-order valence-electron chi connectivity index (χ2n) is 6.09. The Morgan fingerprint density at radius 3 is 2.57 bits per heavy atom. The van der Waals surface area contributed by atoms with Gasteiger partial charge in [0.15, 0.2) is 11.5 Å². The van der Waals surface area contributed by atoms with Crippen LogP contribution < -0.4 is 10.7 Å². The third-order valence-electron chi connectivity index (χ3n) is 4.46. The number of fused-ring (bicyclic) bond motifs is 2. The van der Waals surface area contributed by atoms with Gasteiger partial charge in [-0.3, -0.25) is 13.9 Å². The SMILES string of the molecule is CN1C(C(=O)Nc2coc3ccccc3c2=O)=C(O)c2ccccc2S1(=O)=O. The first-order valence-corrected chi connectivity index (χ1v) is 9.60. The van der Waals surface area contributed by atoms with Crippen LogP contribution in [-0.2, 0) is 14.8 Å². The van der Waals surface area contributed by atoms with Gasteiger partial charge in [0.05, 0.1) is 10.3 Å². The molecule has 0 spiro atoms. The highest BCUT2D eigenvalue weighted by molar-refractivity contribution is 7.89. The van der Waals surface area contributed by atoms with E-state index in [1.54, 1.807) is 30.3 Å². The monoisotopic (exact) mass is 398 g/mol. The van der Waals surface area contributed by atoms with Crippen LogP contribution in [0.1, 0.15) is 5.56 Å². The predicted molar refractivity (Wildman–Crippen MR) is 102 cm³/mol. The molecule has 2 aromatic carbocycles. The number of benzene rings is 2. The van der Waals surface area contributed by atoms with Gasteiger partial charge in [0.2, 0.25) is 5.43 Å². The Morgan fingerprint density at radius 2 is 1.79 bits per heavy atom. The van der Waals surface area contributed by atoms with E-state index in [1.807, 2.05) is 0 Å². The van der Waals surface area contributed by atoms with Crippen molar-refractivity contribution in [3.63, 3.8) is 0 Å². The van der Waals surface area contributed by atoms with Gasteiger partial charge in [-0.25, -0.2) is 8.42 Å². The molecule has 1 aromatic heterocycles. The number of sulfonamides is 1. The number of para-hydroxylation sites is 1. The minimum absolute atomic E-state index is 0.0105. The van der Waals surface area contributed by atoms with Crippen molar-refractivity contribution in [2.24, 2.45) is 0 Å². The van der Waals surface area contributed by atoms with E-state index >= 15 is 0 Å². The zero-order valence-corrected chi connectivity index (χ0v) is 15.4. The number of carbonyl (C=O) groups is 1. The van der Waals surface area contributed by atoms with E-state index in [4.69, 9.17) is 4.42 Å². The summed E-state index contributed by atoms with van der Waals surface area (Å²) in [6.07, 6.45) is 1.07. The molecular formula is C19H14N2O6S. The van der Waals surface area contributed by atoms with Crippen molar-refractivity contribution >= 4 is 38.3 Å². The Bertz CT molecular complexity index is 1320. The highest BCUT2D eigenvalue weighted by Gasteiger charge is 2.37. The molecule has 0 unspecified atom stereocenters. The summed E-state index contributed by atoms with van der Waals surface area (Å²) in [6.45, 7) is 0. The van der Waals surface area contributed by atoms with Crippen LogP contribution in [0.5, 0.6) is 0 Å². The fourth-order valence-corrected chi connectivity index (χ4v) is 4.43. The van der Waals surface area contributed by atoms with Crippen molar-refractivity contribution < 1.29 is 22.7 Å². The van der Waals surface area contributed by atoms with Crippen molar-refractivity contribution in [1.29, 1.82) is 0 Å². The fourth-order valence-electron chi connectivity index (χ4n) is 3.03. The van der Waals surface area contributed by atoms with Gasteiger partial charge in [0, 0.05) is 12.6 Å². The molecule has 4 rings (SSSR count). The quantitative estimate of drug-likeness (QED) is 0.684. The summed E-state index contributed by atoms with van der Waals surface area (Å²) >= 11 is 0. The van der Waals surface area contributed by atoms with E-state index < -0.39 is 32.8 Å². The van der Waals surface area contributed by atoms with Gasteiger partial charge in [-0.1, -0.05) is 24.3 Å². The number of aliphatic hydroxyl groups is 1. The molecule has 1 amide bonds. The van der Waals surface area contributed by atoms with E-state index in [1.165, 1.54) is 18.2 Å². The number of hydrogen-bond acceptors (Lipinski definition) is 6. The molecular weight excluding hydrogens is 384 g/mol. The highest BCUT2D eigenvalue weighted by atomic mass is 32.2. The Hall–Kier alpha value is -3.59. The topological polar surface area (TPSA) is 117 Å². The Balaban J connectivity index is 1.81. The zero-order chi connectivity index (χ0) is 20.1. The first-order valence-electron chi connectivity index (χ1n) is 8.16. The lowest BCUT2D eigenvalue weighted by Gasteiger charge is -2.28. The predicted octanol–water partition coefficient (Wildman–Crippen LogP) is 2.29. The van der Waals surface area contributed by atoms with E-state index in [2.05, 4.69) is 5.32 Å². The second kappa shape index (κ2) is 6.24.